The number of carbonyl (C=O) groups is 2. The molecule has 29 heavy (non-hydrogen) atoms. The Morgan fingerprint density at radius 3 is 2.55 bits per heavy atom. The molecule has 0 spiro atoms. The van der Waals surface area contributed by atoms with Gasteiger partial charge in [-0.1, -0.05) is 42.5 Å². The zero-order valence-electron chi connectivity index (χ0n) is 16.0. The van der Waals surface area contributed by atoms with Crippen molar-refractivity contribution in [3.63, 3.8) is 0 Å². The van der Waals surface area contributed by atoms with Crippen LogP contribution in [0.4, 0.5) is 5.00 Å². The van der Waals surface area contributed by atoms with Crippen molar-refractivity contribution in [3.8, 4) is 5.75 Å². The predicted octanol–water partition coefficient (Wildman–Crippen LogP) is 5.10. The summed E-state index contributed by atoms with van der Waals surface area (Å²) in [5.74, 6) is -0.592. The number of nitrogens with zero attached hydrogens (tertiary/aromatic N) is 1. The molecule has 5 nitrogen and oxygen atoms in total. The van der Waals surface area contributed by atoms with Crippen LogP contribution in [0.25, 0.3) is 20.9 Å². The predicted molar refractivity (Wildman–Crippen MR) is 116 cm³/mol. The second-order valence-corrected chi connectivity index (χ2v) is 7.73. The van der Waals surface area contributed by atoms with Gasteiger partial charge in [-0.2, -0.15) is 0 Å². The van der Waals surface area contributed by atoms with Crippen LogP contribution in [0.3, 0.4) is 0 Å². The monoisotopic (exact) mass is 405 g/mol. The van der Waals surface area contributed by atoms with Crippen molar-refractivity contribution in [2.24, 2.45) is 0 Å². The zero-order chi connectivity index (χ0) is 20.5. The maximum absolute atomic E-state index is 12.6. The minimum atomic E-state index is -0.513. The fraction of sp³-hybridized carbons (Fsp3) is 0.130. The van der Waals surface area contributed by atoms with Crippen molar-refractivity contribution >= 4 is 49.1 Å². The van der Waals surface area contributed by atoms with Gasteiger partial charge in [0.05, 0.1) is 13.7 Å². The molecule has 1 N–H and O–H groups in total. The number of thiophene rings is 1. The summed E-state index contributed by atoms with van der Waals surface area (Å²) in [6.07, 6.45) is 0. The lowest BCUT2D eigenvalue weighted by molar-refractivity contribution is -0.116. The second-order valence-electron chi connectivity index (χ2n) is 6.70. The molecule has 1 heterocycles. The molecule has 0 fully saturated rings. The fourth-order valence-electron chi connectivity index (χ4n) is 3.49. The minimum absolute atomic E-state index is 0.102. The molecule has 0 radical (unpaired) electrons. The lowest BCUT2D eigenvalue weighted by atomic mass is 10.0. The number of esters is 1. The molecule has 1 aromatic heterocycles. The first-order valence-corrected chi connectivity index (χ1v) is 9.90. The third kappa shape index (κ3) is 3.43. The zero-order valence-corrected chi connectivity index (χ0v) is 16.8. The summed E-state index contributed by atoms with van der Waals surface area (Å²) in [4.78, 5) is 26.8. The summed E-state index contributed by atoms with van der Waals surface area (Å²) in [6, 6.07) is 18.7. The van der Waals surface area contributed by atoms with E-state index in [0.29, 0.717) is 27.2 Å². The van der Waals surface area contributed by atoms with Gasteiger partial charge in [-0.05, 0) is 34.5 Å². The van der Waals surface area contributed by atoms with Crippen molar-refractivity contribution in [2.45, 2.75) is 13.5 Å². The van der Waals surface area contributed by atoms with Crippen LogP contribution >= 0.6 is 11.3 Å². The van der Waals surface area contributed by atoms with E-state index in [2.05, 4.69) is 0 Å². The summed E-state index contributed by atoms with van der Waals surface area (Å²) < 4.78 is 5.70. The van der Waals surface area contributed by atoms with Crippen LogP contribution in [0.5, 0.6) is 5.75 Å². The number of anilines is 1. The van der Waals surface area contributed by atoms with Gasteiger partial charge in [-0.15, -0.1) is 11.3 Å². The standard InChI is InChI=1S/C23H19NO4S/c1-14(25)24(13-16-8-5-7-15-6-3-4-9-18(15)16)22-21(23(27)28-2)19-11-10-17(26)12-20(19)29-22/h3-12,26H,13H2,1-2H3. The van der Waals surface area contributed by atoms with Crippen LogP contribution in [0.2, 0.25) is 0 Å². The average Bonchev–Trinajstić information content (AvgIpc) is 3.09. The molecule has 0 unspecified atom stereocenters. The number of rotatable bonds is 4. The first-order chi connectivity index (χ1) is 14.0. The molecule has 0 aliphatic rings. The summed E-state index contributed by atoms with van der Waals surface area (Å²) in [7, 11) is 1.32. The van der Waals surface area contributed by atoms with Gasteiger partial charge in [0.1, 0.15) is 16.3 Å². The topological polar surface area (TPSA) is 66.8 Å². The van der Waals surface area contributed by atoms with Crippen molar-refractivity contribution in [3.05, 3.63) is 71.8 Å². The number of hydrogen-bond donors (Lipinski definition) is 1. The summed E-state index contributed by atoms with van der Waals surface area (Å²) in [5.41, 5.74) is 1.32. The Hall–Kier alpha value is -3.38. The van der Waals surface area contributed by atoms with E-state index in [9.17, 15) is 14.7 Å². The van der Waals surface area contributed by atoms with Crippen molar-refractivity contribution in [2.75, 3.05) is 12.0 Å². The van der Waals surface area contributed by atoms with E-state index in [1.807, 2.05) is 42.5 Å². The van der Waals surface area contributed by atoms with Gasteiger partial charge in [0.2, 0.25) is 5.91 Å². The molecule has 3 aromatic carbocycles. The number of phenols is 1. The van der Waals surface area contributed by atoms with Crippen molar-refractivity contribution < 1.29 is 19.4 Å². The van der Waals surface area contributed by atoms with Gasteiger partial charge in [0.25, 0.3) is 0 Å². The third-order valence-electron chi connectivity index (χ3n) is 4.88. The van der Waals surface area contributed by atoms with Crippen molar-refractivity contribution in [1.29, 1.82) is 0 Å². The highest BCUT2D eigenvalue weighted by Gasteiger charge is 2.26. The summed E-state index contributed by atoms with van der Waals surface area (Å²) in [5, 5.41) is 13.1. The average molecular weight is 405 g/mol. The van der Waals surface area contributed by atoms with Gasteiger partial charge in [-0.25, -0.2) is 4.79 Å². The number of methoxy groups -OCH3 is 1. The van der Waals surface area contributed by atoms with Crippen LogP contribution < -0.4 is 4.90 Å². The second kappa shape index (κ2) is 7.56. The fourth-order valence-corrected chi connectivity index (χ4v) is 4.76. The summed E-state index contributed by atoms with van der Waals surface area (Å²) >= 11 is 1.29. The molecule has 0 atom stereocenters. The van der Waals surface area contributed by atoms with Crippen LogP contribution in [0, 0.1) is 0 Å². The number of benzene rings is 3. The lowest BCUT2D eigenvalue weighted by Crippen LogP contribution is -2.28. The lowest BCUT2D eigenvalue weighted by Gasteiger charge is -2.21. The number of amides is 1. The highest BCUT2D eigenvalue weighted by molar-refractivity contribution is 7.23. The Balaban J connectivity index is 1.88. The molecule has 4 rings (SSSR count). The number of phenolic OH excluding ortho intramolecular Hbond substituents is 1. The van der Waals surface area contributed by atoms with E-state index in [1.165, 1.54) is 31.4 Å². The molecule has 4 aromatic rings. The first-order valence-electron chi connectivity index (χ1n) is 9.08. The van der Waals surface area contributed by atoms with Gasteiger partial charge in [0, 0.05) is 17.0 Å². The molecular weight excluding hydrogens is 386 g/mol. The number of carbonyl (C=O) groups excluding carboxylic acids is 2. The number of ether oxygens (including phenoxy) is 1. The van der Waals surface area contributed by atoms with E-state index in [1.54, 1.807) is 17.0 Å². The number of fused-ring (bicyclic) bond motifs is 2. The Morgan fingerprint density at radius 1 is 1.03 bits per heavy atom. The largest absolute Gasteiger partial charge is 0.508 e. The maximum atomic E-state index is 12.6. The Labute approximate surface area is 171 Å². The van der Waals surface area contributed by atoms with Crippen molar-refractivity contribution in [1.82, 2.24) is 0 Å². The molecule has 0 aliphatic carbocycles. The minimum Gasteiger partial charge on any atom is -0.508 e. The van der Waals surface area contributed by atoms with Gasteiger partial charge >= 0.3 is 5.97 Å². The molecule has 0 aliphatic heterocycles. The highest BCUT2D eigenvalue weighted by atomic mass is 32.1. The van der Waals surface area contributed by atoms with E-state index < -0.39 is 5.97 Å². The molecular formula is C23H19NO4S. The van der Waals surface area contributed by atoms with E-state index in [4.69, 9.17) is 4.74 Å². The summed E-state index contributed by atoms with van der Waals surface area (Å²) in [6.45, 7) is 1.80. The quantitative estimate of drug-likeness (QED) is 0.480. The molecule has 1 amide bonds. The van der Waals surface area contributed by atoms with E-state index in [-0.39, 0.29) is 11.7 Å². The van der Waals surface area contributed by atoms with E-state index >= 15 is 0 Å². The van der Waals surface area contributed by atoms with Crippen LogP contribution in [0.15, 0.2) is 60.7 Å². The molecule has 146 valence electrons. The Kier molecular flexibility index (Phi) is 4.94. The smallest absolute Gasteiger partial charge is 0.341 e. The SMILES string of the molecule is COC(=O)c1c(N(Cc2cccc3ccccc23)C(C)=O)sc2cc(O)ccc12. The van der Waals surface area contributed by atoms with E-state index in [0.717, 1.165) is 16.3 Å². The normalized spacial score (nSPS) is 11.0. The first kappa shape index (κ1) is 19.0. The molecule has 0 saturated heterocycles. The third-order valence-corrected chi connectivity index (χ3v) is 6.05. The molecule has 0 bridgehead atoms. The number of hydrogen-bond acceptors (Lipinski definition) is 5. The highest BCUT2D eigenvalue weighted by Crippen LogP contribution is 2.41. The van der Waals surface area contributed by atoms with Gasteiger partial charge in [-0.3, -0.25) is 9.69 Å². The maximum Gasteiger partial charge on any atom is 0.341 e. The van der Waals surface area contributed by atoms with Crippen LogP contribution in [0.1, 0.15) is 22.8 Å². The van der Waals surface area contributed by atoms with Crippen LogP contribution in [-0.2, 0) is 16.1 Å². The van der Waals surface area contributed by atoms with Gasteiger partial charge < -0.3 is 9.84 Å². The van der Waals surface area contributed by atoms with Crippen LogP contribution in [-0.4, -0.2) is 24.1 Å². The Bertz CT molecular complexity index is 1240. The number of aromatic hydroxyl groups is 1. The Morgan fingerprint density at radius 2 is 1.79 bits per heavy atom. The molecule has 0 saturated carbocycles. The van der Waals surface area contributed by atoms with Gasteiger partial charge in [0.15, 0.2) is 0 Å². The molecule has 6 heteroatoms.